The number of nitro groups is 1. The molecule has 0 amide bonds. The molecule has 0 aliphatic heterocycles. The topological polar surface area (TPSA) is 142 Å². The second kappa shape index (κ2) is 4.91. The zero-order chi connectivity index (χ0) is 10.4. The van der Waals surface area contributed by atoms with Gasteiger partial charge >= 0.3 is 5.97 Å². The number of carbonyl (C=O) groups is 1. The first kappa shape index (κ1) is 11.1. The number of rotatable bonds is 5. The average Bonchev–Trinajstić information content (AvgIpc) is 1.96. The van der Waals surface area contributed by atoms with Crippen molar-refractivity contribution >= 4 is 11.9 Å². The molecule has 8 nitrogen and oxygen atoms in total. The molecule has 1 unspecified atom stereocenters. The van der Waals surface area contributed by atoms with E-state index in [-0.39, 0.29) is 6.42 Å². The summed E-state index contributed by atoms with van der Waals surface area (Å²) in [7, 11) is 0. The minimum atomic E-state index is -1.27. The third kappa shape index (κ3) is 5.41. The maximum Gasteiger partial charge on any atom is 0.326 e. The van der Waals surface area contributed by atoms with Gasteiger partial charge in [-0.15, -0.1) is 0 Å². The van der Waals surface area contributed by atoms with Gasteiger partial charge in [-0.2, -0.15) is 0 Å². The zero-order valence-corrected chi connectivity index (χ0v) is 6.69. The van der Waals surface area contributed by atoms with E-state index in [1.54, 1.807) is 0 Å². The molecule has 5 N–H and O–H groups in total. The van der Waals surface area contributed by atoms with Crippen molar-refractivity contribution in [1.29, 1.82) is 5.41 Å². The van der Waals surface area contributed by atoms with Crippen LogP contribution in [0, 0.1) is 15.5 Å². The Morgan fingerprint density at radius 1 is 1.77 bits per heavy atom. The Kier molecular flexibility index (Phi) is 4.20. The van der Waals surface area contributed by atoms with Crippen LogP contribution >= 0.6 is 0 Å². The standard InChI is InChI=1S/C5H10N4O4/c6-5(7)8-3(4(10)11)1-2-9(12)13/h3H,1-2H2,(H,10,11)(H4,6,7,8). The first-order valence-electron chi connectivity index (χ1n) is 3.38. The highest BCUT2D eigenvalue weighted by molar-refractivity contribution is 5.82. The average molecular weight is 190 g/mol. The molecule has 0 aromatic heterocycles. The lowest BCUT2D eigenvalue weighted by Crippen LogP contribution is -2.44. The number of aliphatic carboxylic acids is 1. The van der Waals surface area contributed by atoms with Gasteiger partial charge in [-0.25, -0.2) is 4.79 Å². The van der Waals surface area contributed by atoms with Crippen molar-refractivity contribution in [2.75, 3.05) is 6.54 Å². The Balaban J connectivity index is 4.02. The lowest BCUT2D eigenvalue weighted by atomic mass is 10.2. The molecule has 0 rings (SSSR count). The summed E-state index contributed by atoms with van der Waals surface area (Å²) in [5.74, 6) is -1.78. The highest BCUT2D eigenvalue weighted by Gasteiger charge is 2.19. The predicted octanol–water partition coefficient (Wildman–Crippen LogP) is -1.41. The summed E-state index contributed by atoms with van der Waals surface area (Å²) in [5.41, 5.74) is 4.88. The third-order valence-electron chi connectivity index (χ3n) is 1.23. The molecule has 0 spiro atoms. The molecule has 0 aliphatic carbocycles. The second-order valence-corrected chi connectivity index (χ2v) is 2.29. The van der Waals surface area contributed by atoms with Gasteiger partial charge in [-0.1, -0.05) is 0 Å². The third-order valence-corrected chi connectivity index (χ3v) is 1.23. The molecule has 8 heteroatoms. The summed E-state index contributed by atoms with van der Waals surface area (Å²) >= 11 is 0. The minimum absolute atomic E-state index is 0.206. The van der Waals surface area contributed by atoms with Crippen molar-refractivity contribution in [1.82, 2.24) is 5.32 Å². The first-order chi connectivity index (χ1) is 5.93. The van der Waals surface area contributed by atoms with Gasteiger partial charge in [-0.3, -0.25) is 15.5 Å². The zero-order valence-electron chi connectivity index (χ0n) is 6.69. The lowest BCUT2D eigenvalue weighted by Gasteiger charge is -2.11. The summed E-state index contributed by atoms with van der Waals surface area (Å²) in [6.45, 7) is -0.475. The molecule has 0 bridgehead atoms. The van der Waals surface area contributed by atoms with E-state index in [1.807, 2.05) is 0 Å². The van der Waals surface area contributed by atoms with Gasteiger partial charge in [0.25, 0.3) is 0 Å². The van der Waals surface area contributed by atoms with E-state index >= 15 is 0 Å². The fourth-order valence-electron chi connectivity index (χ4n) is 0.680. The van der Waals surface area contributed by atoms with E-state index in [9.17, 15) is 14.9 Å². The largest absolute Gasteiger partial charge is 0.480 e. The second-order valence-electron chi connectivity index (χ2n) is 2.29. The Morgan fingerprint density at radius 2 is 2.31 bits per heavy atom. The van der Waals surface area contributed by atoms with Gasteiger partial charge in [0.1, 0.15) is 6.04 Å². The van der Waals surface area contributed by atoms with Crippen LogP contribution in [0.3, 0.4) is 0 Å². The van der Waals surface area contributed by atoms with Crippen LogP contribution in [0.15, 0.2) is 0 Å². The van der Waals surface area contributed by atoms with Crippen LogP contribution < -0.4 is 11.1 Å². The first-order valence-corrected chi connectivity index (χ1v) is 3.38. The van der Waals surface area contributed by atoms with Crippen molar-refractivity contribution in [3.05, 3.63) is 10.1 Å². The van der Waals surface area contributed by atoms with Crippen LogP contribution in [0.25, 0.3) is 0 Å². The summed E-state index contributed by atoms with van der Waals surface area (Å²) in [5, 5.41) is 27.2. The molecule has 13 heavy (non-hydrogen) atoms. The Labute approximate surface area is 73.4 Å². The van der Waals surface area contributed by atoms with E-state index in [4.69, 9.17) is 16.2 Å². The normalized spacial score (nSPS) is 11.7. The molecule has 0 aliphatic rings. The molecule has 0 saturated heterocycles. The van der Waals surface area contributed by atoms with E-state index in [0.717, 1.165) is 0 Å². The van der Waals surface area contributed by atoms with Gasteiger partial charge in [0, 0.05) is 11.3 Å². The fourth-order valence-corrected chi connectivity index (χ4v) is 0.680. The van der Waals surface area contributed by atoms with E-state index in [2.05, 4.69) is 5.32 Å². The molecule has 0 fully saturated rings. The van der Waals surface area contributed by atoms with Gasteiger partial charge < -0.3 is 16.2 Å². The number of carboxylic acids is 1. The maximum absolute atomic E-state index is 10.4. The van der Waals surface area contributed by atoms with Crippen LogP contribution in [0.5, 0.6) is 0 Å². The van der Waals surface area contributed by atoms with Crippen molar-refractivity contribution in [2.45, 2.75) is 12.5 Å². The minimum Gasteiger partial charge on any atom is -0.480 e. The van der Waals surface area contributed by atoms with Crippen LogP contribution in [-0.4, -0.2) is 34.5 Å². The van der Waals surface area contributed by atoms with E-state index in [0.29, 0.717) is 0 Å². The van der Waals surface area contributed by atoms with Crippen LogP contribution in [-0.2, 0) is 4.79 Å². The Bertz CT molecular complexity index is 229. The number of nitrogens with zero attached hydrogens (tertiary/aromatic N) is 1. The SMILES string of the molecule is N=C(N)NC(CC[N+](=O)[O-])C(=O)O. The van der Waals surface area contributed by atoms with Gasteiger partial charge in [0.05, 0.1) is 0 Å². The highest BCUT2D eigenvalue weighted by Crippen LogP contribution is 1.92. The van der Waals surface area contributed by atoms with Crippen molar-refractivity contribution in [2.24, 2.45) is 5.73 Å². The molecule has 74 valence electrons. The van der Waals surface area contributed by atoms with Gasteiger partial charge in [0.15, 0.2) is 5.96 Å². The molecule has 0 aromatic carbocycles. The summed E-state index contributed by atoms with van der Waals surface area (Å²) in [4.78, 5) is 19.7. The molecular formula is C5H10N4O4. The van der Waals surface area contributed by atoms with Crippen molar-refractivity contribution in [3.8, 4) is 0 Å². The summed E-state index contributed by atoms with van der Waals surface area (Å²) < 4.78 is 0. The number of carboxylic acid groups (broad SMARTS) is 1. The van der Waals surface area contributed by atoms with Crippen LogP contribution in [0.1, 0.15) is 6.42 Å². The van der Waals surface area contributed by atoms with Crippen molar-refractivity contribution < 1.29 is 14.8 Å². The molecule has 0 saturated carbocycles. The highest BCUT2D eigenvalue weighted by atomic mass is 16.6. The van der Waals surface area contributed by atoms with Crippen LogP contribution in [0.2, 0.25) is 0 Å². The number of nitrogens with one attached hydrogen (secondary N) is 2. The number of guanidine groups is 1. The Hall–Kier alpha value is -1.86. The molecule has 0 heterocycles. The summed E-state index contributed by atoms with van der Waals surface area (Å²) in [6.07, 6.45) is -0.206. The van der Waals surface area contributed by atoms with Gasteiger partial charge in [0.2, 0.25) is 6.54 Å². The maximum atomic E-state index is 10.4. The van der Waals surface area contributed by atoms with Crippen molar-refractivity contribution in [3.63, 3.8) is 0 Å². The summed E-state index contributed by atoms with van der Waals surface area (Å²) in [6, 6.07) is -1.18. The molecular weight excluding hydrogens is 180 g/mol. The molecule has 0 radical (unpaired) electrons. The Morgan fingerprint density at radius 3 is 2.62 bits per heavy atom. The predicted molar refractivity (Wildman–Crippen MR) is 43.0 cm³/mol. The number of nitrogens with two attached hydrogens (primary N) is 1. The number of hydrogen-bond acceptors (Lipinski definition) is 4. The molecule has 1 atom stereocenters. The van der Waals surface area contributed by atoms with Crippen LogP contribution in [0.4, 0.5) is 0 Å². The van der Waals surface area contributed by atoms with Gasteiger partial charge in [-0.05, 0) is 0 Å². The van der Waals surface area contributed by atoms with E-state index in [1.165, 1.54) is 0 Å². The monoisotopic (exact) mass is 190 g/mol. The lowest BCUT2D eigenvalue weighted by molar-refractivity contribution is -0.480. The number of hydrogen-bond donors (Lipinski definition) is 4. The molecule has 0 aromatic rings. The fraction of sp³-hybridized carbons (Fsp3) is 0.600. The quantitative estimate of drug-likeness (QED) is 0.181. The van der Waals surface area contributed by atoms with E-state index < -0.39 is 29.4 Å². The smallest absolute Gasteiger partial charge is 0.326 e.